The fraction of sp³-hybridized carbons (Fsp3) is 0.455. The van der Waals surface area contributed by atoms with Crippen molar-refractivity contribution < 1.29 is 4.39 Å². The van der Waals surface area contributed by atoms with Gasteiger partial charge in [-0.1, -0.05) is 19.9 Å². The van der Waals surface area contributed by atoms with Crippen LogP contribution in [0.3, 0.4) is 0 Å². The minimum Gasteiger partial charge on any atom is -0.398 e. The second kappa shape index (κ2) is 5.25. The SMILES string of the molecule is CC(C)CSCc1c(N)cccc1F. The summed E-state index contributed by atoms with van der Waals surface area (Å²) in [5.41, 5.74) is 6.88. The van der Waals surface area contributed by atoms with Crippen molar-refractivity contribution in [3.05, 3.63) is 29.6 Å². The molecule has 0 saturated heterocycles. The summed E-state index contributed by atoms with van der Waals surface area (Å²) >= 11 is 1.72. The lowest BCUT2D eigenvalue weighted by molar-refractivity contribution is 0.618. The number of benzene rings is 1. The summed E-state index contributed by atoms with van der Waals surface area (Å²) in [7, 11) is 0. The number of rotatable bonds is 4. The summed E-state index contributed by atoms with van der Waals surface area (Å²) in [5.74, 6) is 2.14. The number of nitrogens with two attached hydrogens (primary N) is 1. The zero-order chi connectivity index (χ0) is 10.6. The summed E-state index contributed by atoms with van der Waals surface area (Å²) < 4.78 is 13.3. The van der Waals surface area contributed by atoms with Gasteiger partial charge in [-0.15, -0.1) is 0 Å². The molecule has 1 nitrogen and oxygen atoms in total. The van der Waals surface area contributed by atoms with Gasteiger partial charge < -0.3 is 5.73 Å². The molecule has 0 aliphatic heterocycles. The van der Waals surface area contributed by atoms with Gasteiger partial charge in [0.1, 0.15) is 5.82 Å². The monoisotopic (exact) mass is 213 g/mol. The maximum absolute atomic E-state index is 13.3. The fourth-order valence-electron chi connectivity index (χ4n) is 1.12. The molecule has 0 spiro atoms. The highest BCUT2D eigenvalue weighted by Gasteiger charge is 2.05. The predicted molar refractivity (Wildman–Crippen MR) is 61.8 cm³/mol. The summed E-state index contributed by atoms with van der Waals surface area (Å²) in [4.78, 5) is 0. The molecule has 0 heterocycles. The van der Waals surface area contributed by atoms with E-state index >= 15 is 0 Å². The van der Waals surface area contributed by atoms with Crippen molar-refractivity contribution in [3.8, 4) is 0 Å². The Morgan fingerprint density at radius 3 is 2.71 bits per heavy atom. The Morgan fingerprint density at radius 2 is 2.14 bits per heavy atom. The third kappa shape index (κ3) is 3.22. The lowest BCUT2D eigenvalue weighted by Gasteiger charge is -2.07. The van der Waals surface area contributed by atoms with Gasteiger partial charge in [0.15, 0.2) is 0 Å². The normalized spacial score (nSPS) is 10.9. The van der Waals surface area contributed by atoms with Crippen LogP contribution in [0.2, 0.25) is 0 Å². The van der Waals surface area contributed by atoms with Gasteiger partial charge in [-0.25, -0.2) is 4.39 Å². The maximum Gasteiger partial charge on any atom is 0.129 e. The predicted octanol–water partition coefficient (Wildman–Crippen LogP) is 3.30. The Hall–Kier alpha value is -0.700. The van der Waals surface area contributed by atoms with Gasteiger partial charge in [0.05, 0.1) is 0 Å². The Labute approximate surface area is 88.9 Å². The van der Waals surface area contributed by atoms with Crippen LogP contribution in [0.5, 0.6) is 0 Å². The van der Waals surface area contributed by atoms with Gasteiger partial charge in [0.25, 0.3) is 0 Å². The number of nitrogen functional groups attached to an aromatic ring is 1. The molecule has 0 unspecified atom stereocenters. The van der Waals surface area contributed by atoms with Crippen molar-refractivity contribution in [1.29, 1.82) is 0 Å². The molecule has 0 saturated carbocycles. The van der Waals surface area contributed by atoms with Crippen molar-refractivity contribution in [2.24, 2.45) is 5.92 Å². The molecule has 1 aromatic carbocycles. The molecule has 3 heteroatoms. The zero-order valence-electron chi connectivity index (χ0n) is 8.59. The zero-order valence-corrected chi connectivity index (χ0v) is 9.40. The van der Waals surface area contributed by atoms with E-state index in [0.717, 1.165) is 5.75 Å². The molecule has 0 aromatic heterocycles. The number of hydrogen-bond acceptors (Lipinski definition) is 2. The highest BCUT2D eigenvalue weighted by molar-refractivity contribution is 7.98. The molecule has 0 aliphatic rings. The number of hydrogen-bond donors (Lipinski definition) is 1. The minimum absolute atomic E-state index is 0.193. The van der Waals surface area contributed by atoms with Gasteiger partial charge in [-0.3, -0.25) is 0 Å². The van der Waals surface area contributed by atoms with Gasteiger partial charge in [0.2, 0.25) is 0 Å². The molecule has 1 rings (SSSR count). The van der Waals surface area contributed by atoms with Gasteiger partial charge >= 0.3 is 0 Å². The van der Waals surface area contributed by atoms with Crippen LogP contribution >= 0.6 is 11.8 Å². The summed E-state index contributed by atoms with van der Waals surface area (Å²) in [6, 6.07) is 4.84. The molecule has 14 heavy (non-hydrogen) atoms. The molecule has 78 valence electrons. The van der Waals surface area contributed by atoms with Crippen LogP contribution in [0.15, 0.2) is 18.2 Å². The summed E-state index contributed by atoms with van der Waals surface area (Å²) in [6.07, 6.45) is 0. The largest absolute Gasteiger partial charge is 0.398 e. The average Bonchev–Trinajstić information content (AvgIpc) is 2.09. The molecule has 2 N–H and O–H groups in total. The number of halogens is 1. The van der Waals surface area contributed by atoms with E-state index in [0.29, 0.717) is 22.9 Å². The van der Waals surface area contributed by atoms with Crippen molar-refractivity contribution in [1.82, 2.24) is 0 Å². The molecule has 0 amide bonds. The molecule has 0 fully saturated rings. The Balaban J connectivity index is 2.58. The fourth-order valence-corrected chi connectivity index (χ4v) is 2.22. The topological polar surface area (TPSA) is 26.0 Å². The molecule has 1 aromatic rings. The first-order chi connectivity index (χ1) is 6.61. The lowest BCUT2D eigenvalue weighted by atomic mass is 10.2. The smallest absolute Gasteiger partial charge is 0.129 e. The molecular formula is C11H16FNS. The first-order valence-electron chi connectivity index (χ1n) is 4.72. The van der Waals surface area contributed by atoms with Gasteiger partial charge in [0, 0.05) is 17.0 Å². The Kier molecular flexibility index (Phi) is 4.26. The van der Waals surface area contributed by atoms with E-state index in [1.54, 1.807) is 23.9 Å². The third-order valence-electron chi connectivity index (χ3n) is 1.85. The highest BCUT2D eigenvalue weighted by Crippen LogP contribution is 2.22. The van der Waals surface area contributed by atoms with Crippen molar-refractivity contribution >= 4 is 17.4 Å². The van der Waals surface area contributed by atoms with E-state index in [4.69, 9.17) is 5.73 Å². The third-order valence-corrected chi connectivity index (χ3v) is 3.25. The van der Waals surface area contributed by atoms with Crippen LogP contribution in [-0.4, -0.2) is 5.75 Å². The molecular weight excluding hydrogens is 197 g/mol. The van der Waals surface area contributed by atoms with E-state index in [1.165, 1.54) is 6.07 Å². The van der Waals surface area contributed by atoms with Crippen molar-refractivity contribution in [2.75, 3.05) is 11.5 Å². The van der Waals surface area contributed by atoms with Crippen molar-refractivity contribution in [2.45, 2.75) is 19.6 Å². The highest BCUT2D eigenvalue weighted by atomic mass is 32.2. The quantitative estimate of drug-likeness (QED) is 0.777. The minimum atomic E-state index is -0.193. The van der Waals surface area contributed by atoms with Crippen LogP contribution < -0.4 is 5.73 Å². The van der Waals surface area contributed by atoms with E-state index in [2.05, 4.69) is 13.8 Å². The van der Waals surface area contributed by atoms with Crippen LogP contribution in [0.25, 0.3) is 0 Å². The van der Waals surface area contributed by atoms with E-state index in [1.807, 2.05) is 0 Å². The van der Waals surface area contributed by atoms with Gasteiger partial charge in [-0.05, 0) is 23.8 Å². The summed E-state index contributed by atoms with van der Waals surface area (Å²) in [6.45, 7) is 4.30. The number of thioether (sulfide) groups is 1. The van der Waals surface area contributed by atoms with E-state index in [9.17, 15) is 4.39 Å². The van der Waals surface area contributed by atoms with Crippen molar-refractivity contribution in [3.63, 3.8) is 0 Å². The van der Waals surface area contributed by atoms with Crippen LogP contribution in [0, 0.1) is 11.7 Å². The van der Waals surface area contributed by atoms with Crippen LogP contribution in [0.1, 0.15) is 19.4 Å². The van der Waals surface area contributed by atoms with Crippen LogP contribution in [-0.2, 0) is 5.75 Å². The molecule has 0 atom stereocenters. The average molecular weight is 213 g/mol. The van der Waals surface area contributed by atoms with E-state index in [-0.39, 0.29) is 5.82 Å². The second-order valence-electron chi connectivity index (χ2n) is 3.72. The standard InChI is InChI=1S/C11H16FNS/c1-8(2)6-14-7-9-10(12)4-3-5-11(9)13/h3-5,8H,6-7,13H2,1-2H3. The number of anilines is 1. The molecule has 0 radical (unpaired) electrons. The Morgan fingerprint density at radius 1 is 1.43 bits per heavy atom. The Bertz CT molecular complexity index is 279. The maximum atomic E-state index is 13.3. The first kappa shape index (κ1) is 11.4. The molecule has 0 aliphatic carbocycles. The summed E-state index contributed by atoms with van der Waals surface area (Å²) in [5, 5.41) is 0. The van der Waals surface area contributed by atoms with E-state index < -0.39 is 0 Å². The molecule has 0 bridgehead atoms. The lowest BCUT2D eigenvalue weighted by Crippen LogP contribution is -1.98. The van der Waals surface area contributed by atoms with Crippen LogP contribution in [0.4, 0.5) is 10.1 Å². The first-order valence-corrected chi connectivity index (χ1v) is 5.87. The van der Waals surface area contributed by atoms with Gasteiger partial charge in [-0.2, -0.15) is 11.8 Å². The second-order valence-corrected chi connectivity index (χ2v) is 4.75.